The van der Waals surface area contributed by atoms with Crippen LogP contribution in [-0.2, 0) is 4.79 Å². The Morgan fingerprint density at radius 1 is 1.32 bits per heavy atom. The van der Waals surface area contributed by atoms with Crippen LogP contribution >= 0.6 is 0 Å². The van der Waals surface area contributed by atoms with E-state index in [2.05, 4.69) is 10.3 Å². The highest BCUT2D eigenvalue weighted by Gasteiger charge is 2.11. The van der Waals surface area contributed by atoms with Gasteiger partial charge in [-0.05, 0) is 42.2 Å². The van der Waals surface area contributed by atoms with E-state index in [1.54, 1.807) is 6.20 Å². The second-order valence-electron chi connectivity index (χ2n) is 4.81. The lowest BCUT2D eigenvalue weighted by Gasteiger charge is -2.11. The van der Waals surface area contributed by atoms with Crippen molar-refractivity contribution in [1.29, 1.82) is 0 Å². The van der Waals surface area contributed by atoms with Crippen LogP contribution in [0.4, 0.5) is 5.69 Å². The van der Waals surface area contributed by atoms with Gasteiger partial charge in [0, 0.05) is 24.5 Å². The average Bonchev–Trinajstić information content (AvgIpc) is 2.39. The van der Waals surface area contributed by atoms with E-state index < -0.39 is 0 Å². The number of rotatable bonds is 4. The molecular weight excluding hydrogens is 236 g/mol. The first-order chi connectivity index (χ1) is 9.15. The maximum absolute atomic E-state index is 12.0. The number of aromatic nitrogens is 1. The first kappa shape index (κ1) is 13.3. The van der Waals surface area contributed by atoms with Gasteiger partial charge < -0.3 is 5.32 Å². The van der Waals surface area contributed by atoms with Crippen LogP contribution in [0.1, 0.15) is 30.4 Å². The number of anilines is 1. The minimum absolute atomic E-state index is 0.0296. The van der Waals surface area contributed by atoms with Gasteiger partial charge in [0.2, 0.25) is 5.91 Å². The minimum atomic E-state index is 0.0296. The maximum Gasteiger partial charge on any atom is 0.224 e. The number of nitrogens with one attached hydrogen (secondary N) is 1. The van der Waals surface area contributed by atoms with Crippen molar-refractivity contribution in [3.05, 3.63) is 59.9 Å². The Labute approximate surface area is 113 Å². The van der Waals surface area contributed by atoms with Crippen molar-refractivity contribution in [2.24, 2.45) is 0 Å². The zero-order chi connectivity index (χ0) is 13.7. The standard InChI is InChI=1S/C16H18N2O/c1-12-5-3-7-15(9-12)18-16(19)10-13(2)14-6-4-8-17-11-14/h3-9,11,13H,10H2,1-2H3,(H,18,19). The Morgan fingerprint density at radius 2 is 2.16 bits per heavy atom. The Morgan fingerprint density at radius 3 is 2.84 bits per heavy atom. The molecule has 0 fully saturated rings. The first-order valence-corrected chi connectivity index (χ1v) is 6.41. The fourth-order valence-electron chi connectivity index (χ4n) is 2.00. The van der Waals surface area contributed by atoms with E-state index in [0.717, 1.165) is 16.8 Å². The van der Waals surface area contributed by atoms with Gasteiger partial charge in [0.15, 0.2) is 0 Å². The van der Waals surface area contributed by atoms with Crippen LogP contribution in [0.5, 0.6) is 0 Å². The Hall–Kier alpha value is -2.16. The molecule has 1 unspecified atom stereocenters. The molecule has 0 bridgehead atoms. The third-order valence-electron chi connectivity index (χ3n) is 3.05. The van der Waals surface area contributed by atoms with Crippen LogP contribution in [0.15, 0.2) is 48.8 Å². The number of pyridine rings is 1. The zero-order valence-corrected chi connectivity index (χ0v) is 11.3. The molecule has 0 aliphatic rings. The van der Waals surface area contributed by atoms with E-state index in [9.17, 15) is 4.79 Å². The topological polar surface area (TPSA) is 42.0 Å². The highest BCUT2D eigenvalue weighted by molar-refractivity contribution is 5.91. The van der Waals surface area contributed by atoms with Crippen molar-refractivity contribution in [3.8, 4) is 0 Å². The van der Waals surface area contributed by atoms with Gasteiger partial charge in [-0.15, -0.1) is 0 Å². The largest absolute Gasteiger partial charge is 0.326 e. The van der Waals surface area contributed by atoms with Crippen LogP contribution in [0.2, 0.25) is 0 Å². The Kier molecular flexibility index (Phi) is 4.29. The van der Waals surface area contributed by atoms with Crippen molar-refractivity contribution < 1.29 is 4.79 Å². The summed E-state index contributed by atoms with van der Waals surface area (Å²) in [4.78, 5) is 16.1. The van der Waals surface area contributed by atoms with Crippen molar-refractivity contribution >= 4 is 11.6 Å². The molecule has 0 saturated heterocycles. The summed E-state index contributed by atoms with van der Waals surface area (Å²) < 4.78 is 0. The highest BCUT2D eigenvalue weighted by atomic mass is 16.1. The van der Waals surface area contributed by atoms with Crippen LogP contribution in [0.3, 0.4) is 0 Å². The number of carbonyl (C=O) groups is 1. The summed E-state index contributed by atoms with van der Waals surface area (Å²) in [5.41, 5.74) is 3.07. The predicted molar refractivity (Wildman–Crippen MR) is 77.1 cm³/mol. The van der Waals surface area contributed by atoms with Gasteiger partial charge >= 0.3 is 0 Å². The molecule has 3 nitrogen and oxygen atoms in total. The Balaban J connectivity index is 1.95. The number of amides is 1. The quantitative estimate of drug-likeness (QED) is 0.907. The summed E-state index contributed by atoms with van der Waals surface area (Å²) in [5.74, 6) is 0.195. The lowest BCUT2D eigenvalue weighted by Crippen LogP contribution is -2.14. The summed E-state index contributed by atoms with van der Waals surface area (Å²) in [7, 11) is 0. The monoisotopic (exact) mass is 254 g/mol. The molecule has 3 heteroatoms. The summed E-state index contributed by atoms with van der Waals surface area (Å²) >= 11 is 0. The maximum atomic E-state index is 12.0. The second-order valence-corrected chi connectivity index (χ2v) is 4.81. The molecule has 1 atom stereocenters. The van der Waals surface area contributed by atoms with Crippen molar-refractivity contribution in [2.75, 3.05) is 5.32 Å². The fraction of sp³-hybridized carbons (Fsp3) is 0.250. The molecule has 1 aromatic heterocycles. The van der Waals surface area contributed by atoms with E-state index in [-0.39, 0.29) is 11.8 Å². The molecule has 98 valence electrons. The number of nitrogens with zero attached hydrogens (tertiary/aromatic N) is 1. The normalized spacial score (nSPS) is 11.9. The number of benzene rings is 1. The highest BCUT2D eigenvalue weighted by Crippen LogP contribution is 2.19. The third-order valence-corrected chi connectivity index (χ3v) is 3.05. The molecule has 0 saturated carbocycles. The molecule has 1 heterocycles. The molecule has 1 N–H and O–H groups in total. The molecule has 0 aliphatic carbocycles. The molecule has 19 heavy (non-hydrogen) atoms. The minimum Gasteiger partial charge on any atom is -0.326 e. The third kappa shape index (κ3) is 3.91. The molecule has 1 aromatic carbocycles. The SMILES string of the molecule is Cc1cccc(NC(=O)CC(C)c2cccnc2)c1. The van der Waals surface area contributed by atoms with Crippen molar-refractivity contribution in [3.63, 3.8) is 0 Å². The number of hydrogen-bond acceptors (Lipinski definition) is 2. The summed E-state index contributed by atoms with van der Waals surface area (Å²) in [6.45, 7) is 4.04. The van der Waals surface area contributed by atoms with Crippen molar-refractivity contribution in [2.45, 2.75) is 26.2 Å². The lowest BCUT2D eigenvalue weighted by atomic mass is 9.99. The molecule has 2 rings (SSSR count). The Bertz CT molecular complexity index is 552. The van der Waals surface area contributed by atoms with Gasteiger partial charge in [-0.2, -0.15) is 0 Å². The fourth-order valence-corrected chi connectivity index (χ4v) is 2.00. The van der Waals surface area contributed by atoms with E-state index in [4.69, 9.17) is 0 Å². The summed E-state index contributed by atoms with van der Waals surface area (Å²) in [6.07, 6.45) is 4.01. The van der Waals surface area contributed by atoms with E-state index in [0.29, 0.717) is 6.42 Å². The first-order valence-electron chi connectivity index (χ1n) is 6.41. The van der Waals surface area contributed by atoms with Gasteiger partial charge in [0.05, 0.1) is 0 Å². The number of carbonyl (C=O) groups excluding carboxylic acids is 1. The van der Waals surface area contributed by atoms with Gasteiger partial charge in [-0.1, -0.05) is 25.1 Å². The smallest absolute Gasteiger partial charge is 0.224 e. The van der Waals surface area contributed by atoms with Crippen LogP contribution in [0.25, 0.3) is 0 Å². The summed E-state index contributed by atoms with van der Waals surface area (Å²) in [6, 6.07) is 11.7. The summed E-state index contributed by atoms with van der Waals surface area (Å²) in [5, 5.41) is 2.92. The number of hydrogen-bond donors (Lipinski definition) is 1. The van der Waals surface area contributed by atoms with Gasteiger partial charge in [0.25, 0.3) is 0 Å². The lowest BCUT2D eigenvalue weighted by molar-refractivity contribution is -0.116. The number of aryl methyl sites for hydroxylation is 1. The van der Waals surface area contributed by atoms with Gasteiger partial charge in [0.1, 0.15) is 0 Å². The van der Waals surface area contributed by atoms with E-state index in [1.165, 1.54) is 0 Å². The average molecular weight is 254 g/mol. The molecule has 0 aliphatic heterocycles. The van der Waals surface area contributed by atoms with E-state index in [1.807, 2.05) is 56.4 Å². The predicted octanol–water partition coefficient (Wildman–Crippen LogP) is 3.52. The van der Waals surface area contributed by atoms with Crippen LogP contribution in [-0.4, -0.2) is 10.9 Å². The molecule has 0 spiro atoms. The molecule has 2 aromatic rings. The molecule has 0 radical (unpaired) electrons. The molecule has 1 amide bonds. The second kappa shape index (κ2) is 6.14. The zero-order valence-electron chi connectivity index (χ0n) is 11.3. The van der Waals surface area contributed by atoms with Crippen LogP contribution in [0, 0.1) is 6.92 Å². The van der Waals surface area contributed by atoms with Gasteiger partial charge in [-0.3, -0.25) is 9.78 Å². The van der Waals surface area contributed by atoms with Crippen molar-refractivity contribution in [1.82, 2.24) is 4.98 Å². The van der Waals surface area contributed by atoms with E-state index >= 15 is 0 Å². The van der Waals surface area contributed by atoms with Crippen LogP contribution < -0.4 is 5.32 Å². The van der Waals surface area contributed by atoms with Gasteiger partial charge in [-0.25, -0.2) is 0 Å². The molecular formula is C16H18N2O.